The molecule has 0 bridgehead atoms. The van der Waals surface area contributed by atoms with Crippen LogP contribution in [0.15, 0.2) is 0 Å². The molecule has 0 aliphatic heterocycles. The predicted octanol–water partition coefficient (Wildman–Crippen LogP) is 1.95. The van der Waals surface area contributed by atoms with E-state index in [1.807, 2.05) is 0 Å². The van der Waals surface area contributed by atoms with Gasteiger partial charge >= 0.3 is 0 Å². The number of hydrogen-bond acceptors (Lipinski definition) is 2. The molecule has 0 heterocycles. The maximum atomic E-state index is 8.29. The summed E-state index contributed by atoms with van der Waals surface area (Å²) in [7, 11) is 0. The maximum Gasteiger partial charge on any atom is 0.0483 e. The second-order valence-electron chi connectivity index (χ2n) is 2.88. The van der Waals surface area contributed by atoms with Crippen LogP contribution in [0.4, 0.5) is 0 Å². The van der Waals surface area contributed by atoms with Gasteiger partial charge in [0.25, 0.3) is 0 Å². The summed E-state index contributed by atoms with van der Waals surface area (Å²) < 4.78 is 0. The molecule has 2 nitrogen and oxygen atoms in total. The molecule has 0 aliphatic carbocycles. The highest BCUT2D eigenvalue weighted by atomic mass is 16.3. The first-order valence-electron chi connectivity index (χ1n) is 4.44. The number of aliphatic hydroxyl groups excluding tert-OH is 2. The zero-order valence-corrected chi connectivity index (χ0v) is 8.01. The van der Waals surface area contributed by atoms with Gasteiger partial charge in [0.1, 0.15) is 0 Å². The molecule has 2 heteroatoms. The second kappa shape index (κ2) is 12.6. The Hall–Kier alpha value is -0.0800. The molecule has 0 aromatic rings. The van der Waals surface area contributed by atoms with E-state index in [-0.39, 0.29) is 6.10 Å². The van der Waals surface area contributed by atoms with Crippen LogP contribution in [0.2, 0.25) is 0 Å². The summed E-state index contributed by atoms with van der Waals surface area (Å²) in [4.78, 5) is 0. The summed E-state index contributed by atoms with van der Waals surface area (Å²) in [5.74, 6) is 0. The number of rotatable bonds is 4. The summed E-state index contributed by atoms with van der Waals surface area (Å²) in [5, 5.41) is 16.3. The fraction of sp³-hybridized carbons (Fsp3) is 1.00. The maximum absolute atomic E-state index is 8.29. The third-order valence-corrected chi connectivity index (χ3v) is 1.01. The molecular weight excluding hydrogens is 140 g/mol. The normalized spacial score (nSPS) is 9.27. The van der Waals surface area contributed by atoms with E-state index >= 15 is 0 Å². The monoisotopic (exact) mass is 162 g/mol. The first kappa shape index (κ1) is 13.5. The van der Waals surface area contributed by atoms with E-state index in [0.717, 1.165) is 6.42 Å². The average Bonchev–Trinajstić information content (AvgIpc) is 1.88. The molecule has 0 saturated carbocycles. The van der Waals surface area contributed by atoms with E-state index in [0.29, 0.717) is 6.61 Å². The minimum atomic E-state index is -0.167. The van der Waals surface area contributed by atoms with Crippen molar-refractivity contribution in [1.82, 2.24) is 0 Å². The Balaban J connectivity index is 0. The number of unbranched alkanes of at least 4 members (excludes halogenated alkanes) is 3. The molecular formula is C9H22O2. The van der Waals surface area contributed by atoms with Crippen molar-refractivity contribution in [2.45, 2.75) is 52.6 Å². The minimum Gasteiger partial charge on any atom is -0.396 e. The minimum absolute atomic E-state index is 0.167. The van der Waals surface area contributed by atoms with Gasteiger partial charge in [-0.1, -0.05) is 26.2 Å². The molecule has 0 rings (SSSR count). The van der Waals surface area contributed by atoms with E-state index in [1.54, 1.807) is 13.8 Å². The smallest absolute Gasteiger partial charge is 0.0483 e. The highest BCUT2D eigenvalue weighted by Gasteiger charge is 1.80. The van der Waals surface area contributed by atoms with Crippen LogP contribution >= 0.6 is 0 Å². The van der Waals surface area contributed by atoms with Crippen molar-refractivity contribution >= 4 is 0 Å². The molecule has 0 atom stereocenters. The van der Waals surface area contributed by atoms with Gasteiger partial charge in [0.2, 0.25) is 0 Å². The lowest BCUT2D eigenvalue weighted by Crippen LogP contribution is -1.85. The zero-order valence-electron chi connectivity index (χ0n) is 8.01. The van der Waals surface area contributed by atoms with Crippen LogP contribution in [0.25, 0.3) is 0 Å². The zero-order chi connectivity index (χ0) is 9.11. The van der Waals surface area contributed by atoms with Crippen LogP contribution in [-0.4, -0.2) is 22.9 Å². The summed E-state index contributed by atoms with van der Waals surface area (Å²) in [6, 6.07) is 0. The first-order chi connectivity index (χ1) is 5.15. The van der Waals surface area contributed by atoms with Gasteiger partial charge in [-0.2, -0.15) is 0 Å². The van der Waals surface area contributed by atoms with Crippen molar-refractivity contribution in [3.05, 3.63) is 0 Å². The largest absolute Gasteiger partial charge is 0.396 e. The van der Waals surface area contributed by atoms with E-state index in [9.17, 15) is 0 Å². The standard InChI is InChI=1S/C6H14O.C3H8O/c1-2-3-4-5-6-7;1-3(2)4/h7H,2-6H2,1H3;3-4H,1-2H3. The van der Waals surface area contributed by atoms with E-state index in [1.165, 1.54) is 19.3 Å². The SMILES string of the molecule is CC(C)O.CCCCCCO. The van der Waals surface area contributed by atoms with Gasteiger partial charge in [0.15, 0.2) is 0 Å². The molecule has 0 unspecified atom stereocenters. The molecule has 0 radical (unpaired) electrons. The third kappa shape index (κ3) is 40.5. The Morgan fingerprint density at radius 3 is 1.82 bits per heavy atom. The van der Waals surface area contributed by atoms with Crippen LogP contribution < -0.4 is 0 Å². The fourth-order valence-corrected chi connectivity index (χ4v) is 0.539. The average molecular weight is 162 g/mol. The van der Waals surface area contributed by atoms with Crippen LogP contribution in [0.1, 0.15) is 46.5 Å². The molecule has 0 aromatic heterocycles. The number of hydrogen-bond donors (Lipinski definition) is 2. The van der Waals surface area contributed by atoms with Gasteiger partial charge < -0.3 is 10.2 Å². The Morgan fingerprint density at radius 2 is 1.55 bits per heavy atom. The van der Waals surface area contributed by atoms with Crippen molar-refractivity contribution in [3.8, 4) is 0 Å². The molecule has 0 aliphatic rings. The topological polar surface area (TPSA) is 40.5 Å². The summed E-state index contributed by atoms with van der Waals surface area (Å²) in [6.07, 6.45) is 4.52. The van der Waals surface area contributed by atoms with Gasteiger partial charge in [-0.15, -0.1) is 0 Å². The molecule has 11 heavy (non-hydrogen) atoms. The molecule has 2 N–H and O–H groups in total. The summed E-state index contributed by atoms with van der Waals surface area (Å²) in [5.41, 5.74) is 0. The molecule has 0 fully saturated rings. The van der Waals surface area contributed by atoms with Gasteiger partial charge in [0.05, 0.1) is 0 Å². The van der Waals surface area contributed by atoms with Crippen molar-refractivity contribution in [2.75, 3.05) is 6.61 Å². The van der Waals surface area contributed by atoms with Gasteiger partial charge in [-0.3, -0.25) is 0 Å². The quantitative estimate of drug-likeness (QED) is 0.620. The lowest BCUT2D eigenvalue weighted by atomic mass is 10.2. The third-order valence-electron chi connectivity index (χ3n) is 1.01. The van der Waals surface area contributed by atoms with Crippen molar-refractivity contribution in [2.24, 2.45) is 0 Å². The van der Waals surface area contributed by atoms with Gasteiger partial charge in [-0.05, 0) is 20.3 Å². The van der Waals surface area contributed by atoms with E-state index < -0.39 is 0 Å². The molecule has 0 aromatic carbocycles. The molecule has 0 spiro atoms. The van der Waals surface area contributed by atoms with E-state index in [4.69, 9.17) is 10.2 Å². The molecule has 0 amide bonds. The summed E-state index contributed by atoms with van der Waals surface area (Å²) >= 11 is 0. The van der Waals surface area contributed by atoms with Gasteiger partial charge in [-0.25, -0.2) is 0 Å². The Bertz CT molecular complexity index is 46.8. The lowest BCUT2D eigenvalue weighted by Gasteiger charge is -1.90. The number of aliphatic hydroxyl groups is 2. The highest BCUT2D eigenvalue weighted by molar-refractivity contribution is 4.35. The first-order valence-corrected chi connectivity index (χ1v) is 4.44. The van der Waals surface area contributed by atoms with Crippen molar-refractivity contribution in [3.63, 3.8) is 0 Å². The Labute approximate surface area is 70.3 Å². The Morgan fingerprint density at radius 1 is 1.09 bits per heavy atom. The predicted molar refractivity (Wildman–Crippen MR) is 48.6 cm³/mol. The van der Waals surface area contributed by atoms with E-state index in [2.05, 4.69) is 6.92 Å². The van der Waals surface area contributed by atoms with Crippen LogP contribution in [-0.2, 0) is 0 Å². The van der Waals surface area contributed by atoms with Crippen LogP contribution in [0.5, 0.6) is 0 Å². The van der Waals surface area contributed by atoms with Crippen LogP contribution in [0, 0.1) is 0 Å². The van der Waals surface area contributed by atoms with Crippen molar-refractivity contribution in [1.29, 1.82) is 0 Å². The second-order valence-corrected chi connectivity index (χ2v) is 2.88. The Kier molecular flexibility index (Phi) is 15.4. The van der Waals surface area contributed by atoms with Crippen LogP contribution in [0.3, 0.4) is 0 Å². The highest BCUT2D eigenvalue weighted by Crippen LogP contribution is 1.95. The van der Waals surface area contributed by atoms with Gasteiger partial charge in [0, 0.05) is 12.7 Å². The van der Waals surface area contributed by atoms with Crippen molar-refractivity contribution < 1.29 is 10.2 Å². The fourth-order valence-electron chi connectivity index (χ4n) is 0.539. The summed E-state index contributed by atoms with van der Waals surface area (Å²) in [6.45, 7) is 5.97. The molecule has 0 saturated heterocycles. The lowest BCUT2D eigenvalue weighted by molar-refractivity contribution is 0.216. The molecule has 70 valence electrons.